The number of morpholine rings is 1. The van der Waals surface area contributed by atoms with Crippen LogP contribution < -0.4 is 9.64 Å². The molecule has 0 radical (unpaired) electrons. The van der Waals surface area contributed by atoms with Gasteiger partial charge in [0.25, 0.3) is 0 Å². The Morgan fingerprint density at radius 2 is 1.89 bits per heavy atom. The molecule has 3 rings (SSSR count). The molecule has 0 atom stereocenters. The van der Waals surface area contributed by atoms with Crippen molar-refractivity contribution in [3.63, 3.8) is 0 Å². The van der Waals surface area contributed by atoms with Crippen molar-refractivity contribution in [3.8, 4) is 5.75 Å². The number of ketones is 1. The van der Waals surface area contributed by atoms with Crippen molar-refractivity contribution in [1.29, 1.82) is 0 Å². The maximum Gasteiger partial charge on any atom is 0.311 e. The molecule has 2 aromatic carbocycles. The molecule has 0 unspecified atom stereocenters. The van der Waals surface area contributed by atoms with Gasteiger partial charge in [0.1, 0.15) is 0 Å². The monoisotopic (exact) mass is 368 g/mol. The highest BCUT2D eigenvalue weighted by Crippen LogP contribution is 2.28. The molecule has 7 nitrogen and oxygen atoms in total. The average Bonchev–Trinajstić information content (AvgIpc) is 2.72. The molecule has 27 heavy (non-hydrogen) atoms. The van der Waals surface area contributed by atoms with Crippen LogP contribution in [0, 0.1) is 10.1 Å². The van der Waals surface area contributed by atoms with Gasteiger partial charge >= 0.3 is 5.69 Å². The zero-order valence-corrected chi connectivity index (χ0v) is 15.0. The molecule has 0 bridgehead atoms. The van der Waals surface area contributed by atoms with E-state index in [1.54, 1.807) is 24.3 Å². The van der Waals surface area contributed by atoms with Crippen LogP contribution in [0.4, 0.5) is 11.4 Å². The minimum atomic E-state index is -0.512. The van der Waals surface area contributed by atoms with E-state index >= 15 is 0 Å². The number of benzene rings is 2. The highest BCUT2D eigenvalue weighted by atomic mass is 16.6. The molecule has 0 spiro atoms. The fraction of sp³-hybridized carbons (Fsp3) is 0.250. The van der Waals surface area contributed by atoms with E-state index in [4.69, 9.17) is 9.47 Å². The Kier molecular flexibility index (Phi) is 5.83. The first kappa shape index (κ1) is 18.6. The summed E-state index contributed by atoms with van der Waals surface area (Å²) in [5.74, 6) is 0.0178. The molecule has 1 heterocycles. The third-order valence-corrected chi connectivity index (χ3v) is 4.35. The van der Waals surface area contributed by atoms with Gasteiger partial charge in [-0.15, -0.1) is 0 Å². The van der Waals surface area contributed by atoms with E-state index in [1.807, 2.05) is 12.1 Å². The number of carbonyl (C=O) groups is 1. The van der Waals surface area contributed by atoms with Crippen LogP contribution in [-0.2, 0) is 4.74 Å². The second-order valence-electron chi connectivity index (χ2n) is 6.03. The lowest BCUT2D eigenvalue weighted by molar-refractivity contribution is -0.385. The number of hydrogen-bond acceptors (Lipinski definition) is 6. The summed E-state index contributed by atoms with van der Waals surface area (Å²) in [7, 11) is 1.38. The number of rotatable bonds is 6. The summed E-state index contributed by atoms with van der Waals surface area (Å²) in [6, 6.07) is 12.0. The quantitative estimate of drug-likeness (QED) is 0.337. The van der Waals surface area contributed by atoms with Gasteiger partial charge in [-0.3, -0.25) is 14.9 Å². The van der Waals surface area contributed by atoms with Crippen LogP contribution in [0.3, 0.4) is 0 Å². The van der Waals surface area contributed by atoms with Crippen LogP contribution >= 0.6 is 0 Å². The third-order valence-electron chi connectivity index (χ3n) is 4.35. The number of anilines is 1. The summed E-state index contributed by atoms with van der Waals surface area (Å²) < 4.78 is 10.3. The number of nitro benzene ring substituents is 1. The summed E-state index contributed by atoms with van der Waals surface area (Å²) in [4.78, 5) is 25.1. The average molecular weight is 368 g/mol. The fourth-order valence-electron chi connectivity index (χ4n) is 2.88. The molecular formula is C20H20N2O5. The standard InChI is InChI=1S/C20H20N2O5/c1-26-20-9-3-15(14-18(20)22(24)25)2-8-19(23)16-4-6-17(7-5-16)21-10-12-27-13-11-21/h2-9,14H,10-13H2,1H3. The lowest BCUT2D eigenvalue weighted by atomic mass is 10.1. The van der Waals surface area contributed by atoms with Crippen LogP contribution in [0.2, 0.25) is 0 Å². The Labute approximate surface area is 157 Å². The van der Waals surface area contributed by atoms with Crippen molar-refractivity contribution >= 4 is 23.2 Å². The van der Waals surface area contributed by atoms with Crippen molar-refractivity contribution in [2.24, 2.45) is 0 Å². The summed E-state index contributed by atoms with van der Waals surface area (Å²) in [5, 5.41) is 11.1. The molecule has 0 aromatic heterocycles. The molecule has 1 fully saturated rings. The zero-order chi connectivity index (χ0) is 19.2. The van der Waals surface area contributed by atoms with Crippen molar-refractivity contribution in [2.75, 3.05) is 38.3 Å². The molecular weight excluding hydrogens is 348 g/mol. The van der Waals surface area contributed by atoms with Gasteiger partial charge in [0, 0.05) is 30.4 Å². The predicted octanol–water partition coefficient (Wildman–Crippen LogP) is 3.34. The number of nitro groups is 1. The Morgan fingerprint density at radius 3 is 2.52 bits per heavy atom. The molecule has 0 saturated carbocycles. The van der Waals surface area contributed by atoms with Gasteiger partial charge in [-0.05, 0) is 42.0 Å². The Hall–Kier alpha value is -3.19. The van der Waals surface area contributed by atoms with Crippen LogP contribution in [-0.4, -0.2) is 44.1 Å². The Bertz CT molecular complexity index is 855. The van der Waals surface area contributed by atoms with Gasteiger partial charge < -0.3 is 14.4 Å². The fourth-order valence-corrected chi connectivity index (χ4v) is 2.88. The van der Waals surface area contributed by atoms with Crippen molar-refractivity contribution in [1.82, 2.24) is 0 Å². The topological polar surface area (TPSA) is 81.9 Å². The van der Waals surface area contributed by atoms with E-state index in [2.05, 4.69) is 4.90 Å². The molecule has 0 aliphatic carbocycles. The number of ether oxygens (including phenoxy) is 2. The maximum absolute atomic E-state index is 12.4. The SMILES string of the molecule is COc1ccc(C=CC(=O)c2ccc(N3CCOCC3)cc2)cc1[N+](=O)[O-]. The highest BCUT2D eigenvalue weighted by molar-refractivity contribution is 6.07. The number of carbonyl (C=O) groups excluding carboxylic acids is 1. The number of methoxy groups -OCH3 is 1. The molecule has 2 aromatic rings. The van der Waals surface area contributed by atoms with Crippen LogP contribution in [0.1, 0.15) is 15.9 Å². The zero-order valence-electron chi connectivity index (χ0n) is 15.0. The number of nitrogens with zero attached hydrogens (tertiary/aromatic N) is 2. The van der Waals surface area contributed by atoms with E-state index in [9.17, 15) is 14.9 Å². The molecule has 1 aliphatic heterocycles. The molecule has 1 saturated heterocycles. The highest BCUT2D eigenvalue weighted by Gasteiger charge is 2.15. The van der Waals surface area contributed by atoms with E-state index < -0.39 is 4.92 Å². The first-order valence-electron chi connectivity index (χ1n) is 8.56. The normalized spacial score (nSPS) is 14.3. The largest absolute Gasteiger partial charge is 0.490 e. The Balaban J connectivity index is 1.71. The first-order chi connectivity index (χ1) is 13.1. The summed E-state index contributed by atoms with van der Waals surface area (Å²) >= 11 is 0. The predicted molar refractivity (Wildman–Crippen MR) is 102 cm³/mol. The van der Waals surface area contributed by atoms with E-state index in [-0.39, 0.29) is 17.2 Å². The molecule has 1 aliphatic rings. The lowest BCUT2D eigenvalue weighted by Crippen LogP contribution is -2.36. The van der Waals surface area contributed by atoms with Gasteiger partial charge in [-0.2, -0.15) is 0 Å². The van der Waals surface area contributed by atoms with E-state index in [1.165, 1.54) is 25.3 Å². The van der Waals surface area contributed by atoms with E-state index in [0.29, 0.717) is 24.3 Å². The number of hydrogen-bond donors (Lipinski definition) is 0. The number of allylic oxidation sites excluding steroid dienone is 1. The van der Waals surface area contributed by atoms with Gasteiger partial charge in [-0.25, -0.2) is 0 Å². The van der Waals surface area contributed by atoms with Crippen molar-refractivity contribution in [3.05, 3.63) is 69.8 Å². The van der Waals surface area contributed by atoms with Gasteiger partial charge in [0.05, 0.1) is 25.2 Å². The maximum atomic E-state index is 12.4. The van der Waals surface area contributed by atoms with Crippen LogP contribution in [0.25, 0.3) is 6.08 Å². The minimum absolute atomic E-state index is 0.137. The summed E-state index contributed by atoms with van der Waals surface area (Å²) in [6.07, 6.45) is 2.97. The van der Waals surface area contributed by atoms with Crippen molar-refractivity contribution in [2.45, 2.75) is 0 Å². The van der Waals surface area contributed by atoms with Crippen LogP contribution in [0.15, 0.2) is 48.5 Å². The first-order valence-corrected chi connectivity index (χ1v) is 8.56. The second kappa shape index (κ2) is 8.46. The van der Waals surface area contributed by atoms with Gasteiger partial charge in [0.15, 0.2) is 11.5 Å². The molecule has 0 amide bonds. The summed E-state index contributed by atoms with van der Waals surface area (Å²) in [5.41, 5.74) is 2.04. The second-order valence-corrected chi connectivity index (χ2v) is 6.03. The Morgan fingerprint density at radius 1 is 1.19 bits per heavy atom. The van der Waals surface area contributed by atoms with Gasteiger partial charge in [-0.1, -0.05) is 12.1 Å². The smallest absolute Gasteiger partial charge is 0.311 e. The lowest BCUT2D eigenvalue weighted by Gasteiger charge is -2.28. The van der Waals surface area contributed by atoms with Crippen molar-refractivity contribution < 1.29 is 19.2 Å². The van der Waals surface area contributed by atoms with Crippen LogP contribution in [0.5, 0.6) is 5.75 Å². The van der Waals surface area contributed by atoms with E-state index in [0.717, 1.165) is 18.8 Å². The summed E-state index contributed by atoms with van der Waals surface area (Å²) in [6.45, 7) is 3.09. The molecule has 140 valence electrons. The minimum Gasteiger partial charge on any atom is -0.490 e. The molecule has 0 N–H and O–H groups in total. The van der Waals surface area contributed by atoms with Gasteiger partial charge in [0.2, 0.25) is 0 Å². The third kappa shape index (κ3) is 4.51. The molecule has 7 heteroatoms.